The molecule has 2 N–H and O–H groups in total. The summed E-state index contributed by atoms with van der Waals surface area (Å²) in [5.41, 5.74) is 0.853. The van der Waals surface area contributed by atoms with Gasteiger partial charge in [-0.1, -0.05) is 30.3 Å². The first-order valence-electron chi connectivity index (χ1n) is 5.44. The van der Waals surface area contributed by atoms with Gasteiger partial charge >= 0.3 is 6.09 Å². The maximum absolute atomic E-state index is 11.7. The number of nitrogens with zero attached hydrogens (tertiary/aromatic N) is 1. The molecular weight excluding hydrogens is 234 g/mol. The highest BCUT2D eigenvalue weighted by Crippen LogP contribution is 2.13. The van der Waals surface area contributed by atoms with E-state index in [0.717, 1.165) is 10.5 Å². The molecule has 94 valence electrons. The van der Waals surface area contributed by atoms with Gasteiger partial charge in [-0.15, -0.1) is 0 Å². The van der Waals surface area contributed by atoms with Crippen LogP contribution >= 0.6 is 0 Å². The van der Waals surface area contributed by atoms with E-state index < -0.39 is 6.09 Å². The van der Waals surface area contributed by atoms with Gasteiger partial charge in [0, 0.05) is 6.08 Å². The van der Waals surface area contributed by atoms with Gasteiger partial charge < -0.3 is 14.9 Å². The SMILES string of the molecule is O=C(OCc1ccccc1)N1CC(O)=CC=C1O. The number of benzene rings is 1. The van der Waals surface area contributed by atoms with Crippen LogP contribution in [0.15, 0.2) is 54.1 Å². The van der Waals surface area contributed by atoms with Gasteiger partial charge in [0.25, 0.3) is 0 Å². The summed E-state index contributed by atoms with van der Waals surface area (Å²) in [6.45, 7) is 0.0316. The van der Waals surface area contributed by atoms with Crippen molar-refractivity contribution in [2.75, 3.05) is 6.54 Å². The summed E-state index contributed by atoms with van der Waals surface area (Å²) < 4.78 is 5.03. The van der Waals surface area contributed by atoms with Crippen LogP contribution in [0.4, 0.5) is 4.79 Å². The number of carbonyl (C=O) groups is 1. The summed E-state index contributed by atoms with van der Waals surface area (Å²) in [7, 11) is 0. The summed E-state index contributed by atoms with van der Waals surface area (Å²) in [5.74, 6) is -0.254. The minimum absolute atomic E-state index is 0.00976. The Balaban J connectivity index is 1.93. The van der Waals surface area contributed by atoms with E-state index in [9.17, 15) is 15.0 Å². The van der Waals surface area contributed by atoms with Crippen LogP contribution in [-0.4, -0.2) is 27.8 Å². The van der Waals surface area contributed by atoms with Crippen LogP contribution in [0.2, 0.25) is 0 Å². The summed E-state index contributed by atoms with van der Waals surface area (Å²) in [6.07, 6.45) is 1.87. The molecule has 0 bridgehead atoms. The van der Waals surface area contributed by atoms with Crippen molar-refractivity contribution >= 4 is 6.09 Å². The number of rotatable bonds is 2. The third kappa shape index (κ3) is 2.82. The molecule has 0 aromatic heterocycles. The normalized spacial score (nSPS) is 14.8. The summed E-state index contributed by atoms with van der Waals surface area (Å²) in [4.78, 5) is 12.6. The van der Waals surface area contributed by atoms with Crippen molar-refractivity contribution in [3.63, 3.8) is 0 Å². The predicted octanol–water partition coefficient (Wildman–Crippen LogP) is 2.48. The van der Waals surface area contributed by atoms with E-state index in [1.54, 1.807) is 0 Å². The quantitative estimate of drug-likeness (QED) is 0.842. The number of hydrogen-bond acceptors (Lipinski definition) is 4. The Morgan fingerprint density at radius 2 is 1.94 bits per heavy atom. The fourth-order valence-electron chi connectivity index (χ4n) is 1.51. The molecule has 0 saturated heterocycles. The lowest BCUT2D eigenvalue weighted by Crippen LogP contribution is -2.34. The largest absolute Gasteiger partial charge is 0.510 e. The highest BCUT2D eigenvalue weighted by Gasteiger charge is 2.22. The minimum Gasteiger partial charge on any atom is -0.510 e. The van der Waals surface area contributed by atoms with E-state index in [-0.39, 0.29) is 24.8 Å². The van der Waals surface area contributed by atoms with Crippen LogP contribution in [0.5, 0.6) is 0 Å². The lowest BCUT2D eigenvalue weighted by molar-refractivity contribution is 0.0871. The average Bonchev–Trinajstić information content (AvgIpc) is 2.40. The van der Waals surface area contributed by atoms with Crippen molar-refractivity contribution in [3.05, 3.63) is 59.7 Å². The Morgan fingerprint density at radius 1 is 1.22 bits per heavy atom. The second-order valence-corrected chi connectivity index (χ2v) is 3.81. The number of aliphatic hydroxyl groups is 2. The summed E-state index contributed by atoms with van der Waals surface area (Å²) >= 11 is 0. The number of ether oxygens (including phenoxy) is 1. The van der Waals surface area contributed by atoms with Gasteiger partial charge in [0.1, 0.15) is 12.4 Å². The second-order valence-electron chi connectivity index (χ2n) is 3.81. The molecule has 1 aliphatic heterocycles. The zero-order chi connectivity index (χ0) is 13.0. The molecule has 5 heteroatoms. The molecular formula is C13H13NO4. The molecule has 0 aliphatic carbocycles. The van der Waals surface area contributed by atoms with Crippen molar-refractivity contribution in [1.82, 2.24) is 4.90 Å². The molecule has 1 aromatic rings. The first kappa shape index (κ1) is 12.0. The highest BCUT2D eigenvalue weighted by molar-refractivity contribution is 5.70. The molecule has 1 heterocycles. The molecule has 18 heavy (non-hydrogen) atoms. The van der Waals surface area contributed by atoms with E-state index in [4.69, 9.17) is 4.74 Å². The molecule has 2 rings (SSSR count). The molecule has 1 aliphatic rings. The van der Waals surface area contributed by atoms with Crippen molar-refractivity contribution in [2.24, 2.45) is 0 Å². The Hall–Kier alpha value is -2.43. The zero-order valence-corrected chi connectivity index (χ0v) is 9.61. The van der Waals surface area contributed by atoms with E-state index >= 15 is 0 Å². The van der Waals surface area contributed by atoms with Gasteiger partial charge in [-0.2, -0.15) is 0 Å². The smallest absolute Gasteiger partial charge is 0.417 e. The summed E-state index contributed by atoms with van der Waals surface area (Å²) in [6, 6.07) is 9.21. The van der Waals surface area contributed by atoms with E-state index in [1.807, 2.05) is 30.3 Å². The van der Waals surface area contributed by atoms with Crippen molar-refractivity contribution in [2.45, 2.75) is 6.61 Å². The second kappa shape index (κ2) is 5.27. The molecule has 5 nitrogen and oxygen atoms in total. The Kier molecular flexibility index (Phi) is 3.52. The van der Waals surface area contributed by atoms with Crippen LogP contribution in [0.25, 0.3) is 0 Å². The lowest BCUT2D eigenvalue weighted by atomic mass is 10.2. The Labute approximate surface area is 104 Å². The predicted molar refractivity (Wildman–Crippen MR) is 64.8 cm³/mol. The van der Waals surface area contributed by atoms with E-state index in [2.05, 4.69) is 0 Å². The molecule has 0 saturated carbocycles. The molecule has 1 aromatic carbocycles. The van der Waals surface area contributed by atoms with Gasteiger partial charge in [0.05, 0.1) is 6.54 Å². The van der Waals surface area contributed by atoms with Crippen LogP contribution in [0, 0.1) is 0 Å². The van der Waals surface area contributed by atoms with Crippen LogP contribution in [0.1, 0.15) is 5.56 Å². The maximum atomic E-state index is 11.7. The molecule has 0 atom stereocenters. The van der Waals surface area contributed by atoms with Gasteiger partial charge in [0.2, 0.25) is 0 Å². The number of allylic oxidation sites excluding steroid dienone is 2. The Morgan fingerprint density at radius 3 is 2.67 bits per heavy atom. The van der Waals surface area contributed by atoms with Gasteiger partial charge in [0.15, 0.2) is 5.88 Å². The Bertz CT molecular complexity index is 493. The maximum Gasteiger partial charge on any atom is 0.417 e. The number of carbonyl (C=O) groups excluding carboxylic acids is 1. The first-order chi connectivity index (χ1) is 8.66. The molecule has 1 amide bonds. The van der Waals surface area contributed by atoms with Crippen molar-refractivity contribution in [3.8, 4) is 0 Å². The number of amides is 1. The third-order valence-electron chi connectivity index (χ3n) is 2.45. The van der Waals surface area contributed by atoms with Gasteiger partial charge in [-0.05, 0) is 11.6 Å². The molecule has 0 radical (unpaired) electrons. The molecule has 0 spiro atoms. The van der Waals surface area contributed by atoms with E-state index in [1.165, 1.54) is 12.2 Å². The summed E-state index contributed by atoms with van der Waals surface area (Å²) in [5, 5.41) is 18.8. The zero-order valence-electron chi connectivity index (χ0n) is 9.61. The molecule has 0 fully saturated rings. The van der Waals surface area contributed by atoms with Crippen LogP contribution < -0.4 is 0 Å². The van der Waals surface area contributed by atoms with Crippen LogP contribution in [0.3, 0.4) is 0 Å². The average molecular weight is 247 g/mol. The highest BCUT2D eigenvalue weighted by atomic mass is 16.6. The molecule has 0 unspecified atom stereocenters. The number of aliphatic hydroxyl groups excluding tert-OH is 2. The van der Waals surface area contributed by atoms with Crippen LogP contribution in [-0.2, 0) is 11.3 Å². The van der Waals surface area contributed by atoms with Gasteiger partial charge in [-0.3, -0.25) is 0 Å². The topological polar surface area (TPSA) is 70.0 Å². The fraction of sp³-hybridized carbons (Fsp3) is 0.154. The minimum atomic E-state index is -0.702. The fourth-order valence-corrected chi connectivity index (χ4v) is 1.51. The number of hydrogen-bond donors (Lipinski definition) is 2. The van der Waals surface area contributed by atoms with Crippen molar-refractivity contribution < 1.29 is 19.7 Å². The third-order valence-corrected chi connectivity index (χ3v) is 2.45. The van der Waals surface area contributed by atoms with Gasteiger partial charge in [-0.25, -0.2) is 9.69 Å². The first-order valence-corrected chi connectivity index (χ1v) is 5.44. The lowest BCUT2D eigenvalue weighted by Gasteiger charge is -2.22. The van der Waals surface area contributed by atoms with E-state index in [0.29, 0.717) is 0 Å². The monoisotopic (exact) mass is 247 g/mol. The standard InChI is InChI=1S/C13H13NO4/c15-11-6-7-12(16)14(8-11)13(17)18-9-10-4-2-1-3-5-10/h1-7,15-16H,8-9H2. The van der Waals surface area contributed by atoms with Crippen molar-refractivity contribution in [1.29, 1.82) is 0 Å².